The minimum Gasteiger partial charge on any atom is -0.337 e. The van der Waals surface area contributed by atoms with Gasteiger partial charge in [-0.05, 0) is 45.2 Å². The van der Waals surface area contributed by atoms with E-state index in [1.54, 1.807) is 12.1 Å². The maximum absolute atomic E-state index is 12.6. The Kier molecular flexibility index (Phi) is 6.26. The van der Waals surface area contributed by atoms with Crippen molar-refractivity contribution in [2.75, 3.05) is 11.1 Å². The molecular weight excluding hydrogens is 368 g/mol. The molecular formula is C18H22N4O2S2. The van der Waals surface area contributed by atoms with E-state index in [2.05, 4.69) is 29.4 Å². The van der Waals surface area contributed by atoms with Crippen LogP contribution in [0.1, 0.15) is 43.5 Å². The van der Waals surface area contributed by atoms with Gasteiger partial charge in [0.2, 0.25) is 11.0 Å². The molecule has 1 fully saturated rings. The Balaban J connectivity index is 1.54. The molecule has 0 spiro atoms. The van der Waals surface area contributed by atoms with Crippen LogP contribution in [0.3, 0.4) is 0 Å². The zero-order valence-corrected chi connectivity index (χ0v) is 16.5. The number of likely N-dealkylation sites (tertiary alicyclic amines) is 1. The van der Waals surface area contributed by atoms with Gasteiger partial charge in [-0.25, -0.2) is 0 Å². The van der Waals surface area contributed by atoms with Gasteiger partial charge in [0.25, 0.3) is 5.91 Å². The lowest BCUT2D eigenvalue weighted by Gasteiger charge is -2.39. The molecule has 3 rings (SSSR count). The summed E-state index contributed by atoms with van der Waals surface area (Å²) in [5, 5.41) is 11.2. The SMILES string of the molecule is C[C@@H]1CCC[C@@H](C)N1C(=O)CSc1nnc(NC(=O)c2ccccc2)s1. The summed E-state index contributed by atoms with van der Waals surface area (Å²) in [5.41, 5.74) is 0.570. The van der Waals surface area contributed by atoms with Crippen molar-refractivity contribution in [3.63, 3.8) is 0 Å². The number of nitrogens with one attached hydrogen (secondary N) is 1. The standard InChI is InChI=1S/C18H22N4O2S2/c1-12-7-6-8-13(2)22(12)15(23)11-25-18-21-20-17(26-18)19-16(24)14-9-4-3-5-10-14/h3-5,9-10,12-13H,6-8,11H2,1-2H3,(H,19,20,24)/t12-,13-/m1/s1. The summed E-state index contributed by atoms with van der Waals surface area (Å²) in [4.78, 5) is 26.7. The Hall–Kier alpha value is -1.93. The van der Waals surface area contributed by atoms with Gasteiger partial charge >= 0.3 is 0 Å². The summed E-state index contributed by atoms with van der Waals surface area (Å²) < 4.78 is 0.680. The second kappa shape index (κ2) is 8.64. The monoisotopic (exact) mass is 390 g/mol. The topological polar surface area (TPSA) is 75.2 Å². The number of hydrogen-bond donors (Lipinski definition) is 1. The predicted molar refractivity (Wildman–Crippen MR) is 105 cm³/mol. The summed E-state index contributed by atoms with van der Waals surface area (Å²) in [5.74, 6) is 0.265. The van der Waals surface area contributed by atoms with Crippen LogP contribution in [0.25, 0.3) is 0 Å². The Morgan fingerprint density at radius 3 is 2.58 bits per heavy atom. The molecule has 1 saturated heterocycles. The molecule has 2 aromatic rings. The van der Waals surface area contributed by atoms with E-state index in [1.165, 1.54) is 29.5 Å². The first kappa shape index (κ1) is 18.8. The van der Waals surface area contributed by atoms with Gasteiger partial charge in [-0.2, -0.15) is 0 Å². The average Bonchev–Trinajstić information content (AvgIpc) is 3.08. The Labute approximate surface area is 161 Å². The van der Waals surface area contributed by atoms with Gasteiger partial charge in [-0.1, -0.05) is 41.3 Å². The Morgan fingerprint density at radius 2 is 1.88 bits per heavy atom. The van der Waals surface area contributed by atoms with Crippen molar-refractivity contribution in [1.29, 1.82) is 0 Å². The van der Waals surface area contributed by atoms with E-state index in [4.69, 9.17) is 0 Å². The summed E-state index contributed by atoms with van der Waals surface area (Å²) in [6.07, 6.45) is 3.31. The summed E-state index contributed by atoms with van der Waals surface area (Å²) >= 11 is 2.66. The zero-order chi connectivity index (χ0) is 18.5. The third kappa shape index (κ3) is 4.62. The maximum atomic E-state index is 12.6. The van der Waals surface area contributed by atoms with Gasteiger partial charge in [-0.15, -0.1) is 10.2 Å². The van der Waals surface area contributed by atoms with Gasteiger partial charge in [-0.3, -0.25) is 14.9 Å². The van der Waals surface area contributed by atoms with Gasteiger partial charge in [0, 0.05) is 17.6 Å². The molecule has 0 radical (unpaired) electrons. The molecule has 0 unspecified atom stereocenters. The van der Waals surface area contributed by atoms with E-state index >= 15 is 0 Å². The lowest BCUT2D eigenvalue weighted by Crippen LogP contribution is -2.48. The van der Waals surface area contributed by atoms with Gasteiger partial charge < -0.3 is 4.90 Å². The quantitative estimate of drug-likeness (QED) is 0.623. The van der Waals surface area contributed by atoms with Crippen LogP contribution in [-0.2, 0) is 4.79 Å². The van der Waals surface area contributed by atoms with Crippen molar-refractivity contribution in [2.45, 2.75) is 49.5 Å². The fourth-order valence-corrected chi connectivity index (χ4v) is 4.80. The number of piperidine rings is 1. The van der Waals surface area contributed by atoms with E-state index in [1.807, 2.05) is 23.1 Å². The maximum Gasteiger partial charge on any atom is 0.257 e. The fraction of sp³-hybridized carbons (Fsp3) is 0.444. The van der Waals surface area contributed by atoms with Crippen molar-refractivity contribution in [3.05, 3.63) is 35.9 Å². The molecule has 1 aromatic carbocycles. The van der Waals surface area contributed by atoms with Crippen molar-refractivity contribution >= 4 is 40.0 Å². The van der Waals surface area contributed by atoms with Crippen LogP contribution in [0.2, 0.25) is 0 Å². The first-order valence-electron chi connectivity index (χ1n) is 8.68. The van der Waals surface area contributed by atoms with Crippen molar-refractivity contribution in [3.8, 4) is 0 Å². The highest BCUT2D eigenvalue weighted by molar-refractivity contribution is 8.01. The number of benzene rings is 1. The van der Waals surface area contributed by atoms with Gasteiger partial charge in [0.05, 0.1) is 5.75 Å². The summed E-state index contributed by atoms with van der Waals surface area (Å²) in [6, 6.07) is 9.55. The van der Waals surface area contributed by atoms with Crippen LogP contribution in [0.4, 0.5) is 5.13 Å². The third-order valence-electron chi connectivity index (χ3n) is 4.46. The smallest absolute Gasteiger partial charge is 0.257 e. The van der Waals surface area contributed by atoms with Crippen molar-refractivity contribution in [1.82, 2.24) is 15.1 Å². The number of amides is 2. The van der Waals surface area contributed by atoms with Crippen LogP contribution in [0.5, 0.6) is 0 Å². The lowest BCUT2D eigenvalue weighted by atomic mass is 9.98. The predicted octanol–water partition coefficient (Wildman–Crippen LogP) is 3.67. The molecule has 138 valence electrons. The summed E-state index contributed by atoms with van der Waals surface area (Å²) in [7, 11) is 0. The number of anilines is 1. The van der Waals surface area contributed by atoms with Crippen LogP contribution in [0.15, 0.2) is 34.7 Å². The van der Waals surface area contributed by atoms with Gasteiger partial charge in [0.15, 0.2) is 4.34 Å². The third-order valence-corrected chi connectivity index (χ3v) is 6.42. The molecule has 8 heteroatoms. The molecule has 0 saturated carbocycles. The van der Waals surface area contributed by atoms with E-state index in [9.17, 15) is 9.59 Å². The highest BCUT2D eigenvalue weighted by Gasteiger charge is 2.28. The largest absolute Gasteiger partial charge is 0.337 e. The number of rotatable bonds is 5. The molecule has 2 heterocycles. The number of carbonyl (C=O) groups excluding carboxylic acids is 2. The number of nitrogens with zero attached hydrogens (tertiary/aromatic N) is 3. The summed E-state index contributed by atoms with van der Waals surface area (Å²) in [6.45, 7) is 4.22. The van der Waals surface area contributed by atoms with Gasteiger partial charge in [0.1, 0.15) is 0 Å². The number of thioether (sulfide) groups is 1. The minimum atomic E-state index is -0.217. The molecule has 1 aromatic heterocycles. The van der Waals surface area contributed by atoms with Crippen molar-refractivity contribution < 1.29 is 9.59 Å². The lowest BCUT2D eigenvalue weighted by molar-refractivity contribution is -0.134. The Morgan fingerprint density at radius 1 is 1.19 bits per heavy atom. The van der Waals surface area contributed by atoms with Crippen LogP contribution < -0.4 is 5.32 Å². The first-order chi connectivity index (χ1) is 12.5. The minimum absolute atomic E-state index is 0.139. The molecule has 1 aliphatic heterocycles. The Bertz CT molecular complexity index is 756. The fourth-order valence-electron chi connectivity index (χ4n) is 3.19. The number of carbonyl (C=O) groups is 2. The molecule has 6 nitrogen and oxygen atoms in total. The molecule has 0 bridgehead atoms. The molecule has 1 aliphatic rings. The molecule has 1 N–H and O–H groups in total. The highest BCUT2D eigenvalue weighted by atomic mass is 32.2. The van der Waals surface area contributed by atoms with Crippen LogP contribution in [-0.4, -0.2) is 44.7 Å². The first-order valence-corrected chi connectivity index (χ1v) is 10.5. The normalized spacial score (nSPS) is 20.0. The molecule has 26 heavy (non-hydrogen) atoms. The molecule has 2 amide bonds. The number of aromatic nitrogens is 2. The highest BCUT2D eigenvalue weighted by Crippen LogP contribution is 2.28. The average molecular weight is 391 g/mol. The zero-order valence-electron chi connectivity index (χ0n) is 14.8. The van der Waals surface area contributed by atoms with Crippen molar-refractivity contribution in [2.24, 2.45) is 0 Å². The molecule has 0 aliphatic carbocycles. The van der Waals surface area contributed by atoms with E-state index in [0.29, 0.717) is 32.9 Å². The molecule has 2 atom stereocenters. The second-order valence-corrected chi connectivity index (χ2v) is 8.61. The van der Waals surface area contributed by atoms with Crippen LogP contribution in [0, 0.1) is 0 Å². The second-order valence-electron chi connectivity index (χ2n) is 6.41. The number of hydrogen-bond acceptors (Lipinski definition) is 6. The van der Waals surface area contributed by atoms with Crippen LogP contribution >= 0.6 is 23.1 Å². The van der Waals surface area contributed by atoms with E-state index in [-0.39, 0.29) is 11.8 Å². The van der Waals surface area contributed by atoms with E-state index in [0.717, 1.165) is 12.8 Å². The van der Waals surface area contributed by atoms with E-state index < -0.39 is 0 Å².